The van der Waals surface area contributed by atoms with Crippen molar-refractivity contribution in [2.45, 2.75) is 25.9 Å². The molecule has 5 nitrogen and oxygen atoms in total. The number of likely N-dealkylation sites (tertiary alicyclic amines) is 1. The van der Waals surface area contributed by atoms with Crippen molar-refractivity contribution in [3.05, 3.63) is 53.6 Å². The summed E-state index contributed by atoms with van der Waals surface area (Å²) in [5, 5.41) is 9.65. The van der Waals surface area contributed by atoms with Crippen molar-refractivity contribution in [3.8, 4) is 11.5 Å². The summed E-state index contributed by atoms with van der Waals surface area (Å²) in [7, 11) is -0.843. The maximum atomic E-state index is 12.5. The van der Waals surface area contributed by atoms with Crippen LogP contribution in [0.2, 0.25) is 0 Å². The van der Waals surface area contributed by atoms with E-state index < -0.39 is 7.12 Å². The lowest BCUT2D eigenvalue weighted by Gasteiger charge is -2.26. The summed E-state index contributed by atoms with van der Waals surface area (Å²) in [6.45, 7) is 2.08. The van der Waals surface area contributed by atoms with Crippen LogP contribution in [0.5, 0.6) is 11.5 Å². The Morgan fingerprint density at radius 3 is 2.52 bits per heavy atom. The average Bonchev–Trinajstić information content (AvgIpc) is 3.03. The van der Waals surface area contributed by atoms with Gasteiger partial charge in [0.1, 0.15) is 11.5 Å². The predicted octanol–water partition coefficient (Wildman–Crippen LogP) is 2.32. The molecule has 0 spiro atoms. The number of carbonyl (C=O) groups is 1. The second kappa shape index (κ2) is 6.90. The fourth-order valence-electron chi connectivity index (χ4n) is 3.35. The maximum absolute atomic E-state index is 12.5. The standard InChI is InChI=1S/C19H20BNO4/c22-19(21-10-2-1-3-11-21)14-4-6-16(7-5-14)25-17-8-9-18-15(12-17)13-24-20(18)23/h4-9,12,23H,1-3,10-11,13H2. The highest BCUT2D eigenvalue weighted by Gasteiger charge is 2.27. The zero-order valence-corrected chi connectivity index (χ0v) is 14.0. The van der Waals surface area contributed by atoms with Gasteiger partial charge in [0.05, 0.1) is 6.61 Å². The topological polar surface area (TPSA) is 59.0 Å². The van der Waals surface area contributed by atoms with Gasteiger partial charge in [-0.05, 0) is 66.7 Å². The van der Waals surface area contributed by atoms with Crippen molar-refractivity contribution >= 4 is 18.5 Å². The SMILES string of the molecule is O=C(c1ccc(Oc2ccc3c(c2)COB3O)cc1)N1CCCCC1. The van der Waals surface area contributed by atoms with Crippen LogP contribution < -0.4 is 10.2 Å². The summed E-state index contributed by atoms with van der Waals surface area (Å²) >= 11 is 0. The van der Waals surface area contributed by atoms with Crippen LogP contribution in [0.15, 0.2) is 42.5 Å². The van der Waals surface area contributed by atoms with E-state index in [1.165, 1.54) is 6.42 Å². The van der Waals surface area contributed by atoms with Gasteiger partial charge in [0.2, 0.25) is 0 Å². The number of ether oxygens (including phenoxy) is 1. The van der Waals surface area contributed by atoms with Gasteiger partial charge in [-0.25, -0.2) is 0 Å². The lowest BCUT2D eigenvalue weighted by Crippen LogP contribution is -2.35. The fourth-order valence-corrected chi connectivity index (χ4v) is 3.35. The second-order valence-corrected chi connectivity index (χ2v) is 6.50. The van der Waals surface area contributed by atoms with Gasteiger partial charge in [-0.3, -0.25) is 4.79 Å². The van der Waals surface area contributed by atoms with E-state index in [9.17, 15) is 9.82 Å². The summed E-state index contributed by atoms with van der Waals surface area (Å²) in [6, 6.07) is 12.8. The number of piperidine rings is 1. The van der Waals surface area contributed by atoms with Crippen LogP contribution in [0.3, 0.4) is 0 Å². The van der Waals surface area contributed by atoms with Crippen molar-refractivity contribution in [3.63, 3.8) is 0 Å². The molecule has 1 fully saturated rings. The maximum Gasteiger partial charge on any atom is 0.491 e. The monoisotopic (exact) mass is 337 g/mol. The van der Waals surface area contributed by atoms with Crippen LogP contribution in [0.1, 0.15) is 35.2 Å². The first-order valence-corrected chi connectivity index (χ1v) is 8.70. The molecule has 1 amide bonds. The Labute approximate surface area is 147 Å². The van der Waals surface area contributed by atoms with Crippen LogP contribution in [0.4, 0.5) is 0 Å². The van der Waals surface area contributed by atoms with Gasteiger partial charge in [0.15, 0.2) is 0 Å². The molecule has 2 heterocycles. The second-order valence-electron chi connectivity index (χ2n) is 6.50. The van der Waals surface area contributed by atoms with Gasteiger partial charge in [-0.15, -0.1) is 0 Å². The average molecular weight is 337 g/mol. The van der Waals surface area contributed by atoms with Crippen molar-refractivity contribution in [2.24, 2.45) is 0 Å². The first kappa shape index (κ1) is 16.2. The number of benzene rings is 2. The third-order valence-corrected chi connectivity index (χ3v) is 4.76. The van der Waals surface area contributed by atoms with E-state index in [-0.39, 0.29) is 5.91 Å². The molecule has 4 rings (SSSR count). The number of carbonyl (C=O) groups excluding carboxylic acids is 1. The summed E-state index contributed by atoms with van der Waals surface area (Å²) in [5.74, 6) is 1.45. The zero-order valence-electron chi connectivity index (χ0n) is 14.0. The lowest BCUT2D eigenvalue weighted by atomic mass is 9.80. The molecule has 2 aromatic carbocycles. The largest absolute Gasteiger partial charge is 0.491 e. The number of nitrogens with zero attached hydrogens (tertiary/aromatic N) is 1. The Morgan fingerprint density at radius 2 is 1.76 bits per heavy atom. The molecule has 0 radical (unpaired) electrons. The van der Waals surface area contributed by atoms with E-state index in [0.717, 1.165) is 37.0 Å². The molecule has 2 aliphatic rings. The first-order chi connectivity index (χ1) is 12.2. The number of amides is 1. The molecule has 0 bridgehead atoms. The quantitative estimate of drug-likeness (QED) is 0.874. The summed E-state index contributed by atoms with van der Waals surface area (Å²) in [5.41, 5.74) is 2.41. The van der Waals surface area contributed by atoms with Crippen LogP contribution in [0, 0.1) is 0 Å². The van der Waals surface area contributed by atoms with Gasteiger partial charge >= 0.3 is 7.12 Å². The van der Waals surface area contributed by atoms with E-state index in [2.05, 4.69) is 0 Å². The zero-order chi connectivity index (χ0) is 17.2. The van der Waals surface area contributed by atoms with Gasteiger partial charge < -0.3 is 19.3 Å². The number of hydrogen-bond donors (Lipinski definition) is 1. The van der Waals surface area contributed by atoms with Gasteiger partial charge in [0, 0.05) is 18.7 Å². The molecule has 25 heavy (non-hydrogen) atoms. The highest BCUT2D eigenvalue weighted by atomic mass is 16.5. The minimum Gasteiger partial charge on any atom is -0.457 e. The molecular weight excluding hydrogens is 317 g/mol. The normalized spacial score (nSPS) is 16.7. The van der Waals surface area contributed by atoms with Gasteiger partial charge in [-0.2, -0.15) is 0 Å². The molecule has 1 saturated heterocycles. The van der Waals surface area contributed by atoms with Crippen molar-refractivity contribution in [1.29, 1.82) is 0 Å². The molecule has 0 unspecified atom stereocenters. The minimum absolute atomic E-state index is 0.0925. The Morgan fingerprint density at radius 1 is 1.04 bits per heavy atom. The molecule has 2 aliphatic heterocycles. The van der Waals surface area contributed by atoms with E-state index in [1.807, 2.05) is 47.4 Å². The Bertz CT molecular complexity index is 771. The van der Waals surface area contributed by atoms with Crippen molar-refractivity contribution < 1.29 is 19.2 Å². The third-order valence-electron chi connectivity index (χ3n) is 4.76. The molecule has 0 aliphatic carbocycles. The summed E-state index contributed by atoms with van der Waals surface area (Å²) in [6.07, 6.45) is 3.38. The molecule has 2 aromatic rings. The first-order valence-electron chi connectivity index (χ1n) is 8.70. The van der Waals surface area contributed by atoms with Crippen molar-refractivity contribution in [1.82, 2.24) is 4.90 Å². The van der Waals surface area contributed by atoms with Gasteiger partial charge in [0.25, 0.3) is 5.91 Å². The van der Waals surface area contributed by atoms with Crippen molar-refractivity contribution in [2.75, 3.05) is 13.1 Å². The molecule has 1 N–H and O–H groups in total. The number of hydrogen-bond acceptors (Lipinski definition) is 4. The van der Waals surface area contributed by atoms with E-state index in [4.69, 9.17) is 9.39 Å². The van der Waals surface area contributed by atoms with Gasteiger partial charge in [-0.1, -0.05) is 6.07 Å². The Kier molecular flexibility index (Phi) is 4.47. The highest BCUT2D eigenvalue weighted by Crippen LogP contribution is 2.24. The molecule has 0 aromatic heterocycles. The Balaban J connectivity index is 1.45. The predicted molar refractivity (Wildman–Crippen MR) is 95.1 cm³/mol. The number of fused-ring (bicyclic) bond motifs is 1. The summed E-state index contributed by atoms with van der Waals surface area (Å²) < 4.78 is 11.0. The van der Waals surface area contributed by atoms with Crippen LogP contribution in [0.25, 0.3) is 0 Å². The molecule has 0 saturated carbocycles. The number of rotatable bonds is 3. The van der Waals surface area contributed by atoms with E-state index in [0.29, 0.717) is 23.7 Å². The van der Waals surface area contributed by atoms with Crippen LogP contribution in [-0.4, -0.2) is 36.0 Å². The minimum atomic E-state index is -0.843. The highest BCUT2D eigenvalue weighted by molar-refractivity contribution is 6.61. The lowest BCUT2D eigenvalue weighted by molar-refractivity contribution is 0.0724. The van der Waals surface area contributed by atoms with E-state index in [1.54, 1.807) is 0 Å². The smallest absolute Gasteiger partial charge is 0.457 e. The van der Waals surface area contributed by atoms with Crippen LogP contribution in [-0.2, 0) is 11.3 Å². The fraction of sp³-hybridized carbons (Fsp3) is 0.316. The molecule has 0 atom stereocenters. The molecule has 6 heteroatoms. The molecule has 128 valence electrons. The third kappa shape index (κ3) is 3.41. The van der Waals surface area contributed by atoms with E-state index >= 15 is 0 Å². The summed E-state index contributed by atoms with van der Waals surface area (Å²) in [4.78, 5) is 14.4. The Hall–Kier alpha value is -2.31. The van der Waals surface area contributed by atoms with Crippen LogP contribution >= 0.6 is 0 Å². The molecular formula is C19H20BNO4.